The molecular formula is C25H17Cl2F6N3O3. The third-order valence-corrected chi connectivity index (χ3v) is 5.69. The first kappa shape index (κ1) is 29.8. The molecule has 3 aromatic carbocycles. The highest BCUT2D eigenvalue weighted by Crippen LogP contribution is 2.38. The average Bonchev–Trinajstić information content (AvgIpc) is 2.87. The SMILES string of the molecule is COc1ccc(/C=C/C(=O)N(N=Nc2cc(C(F)(F)F)ccc2Cl)c2cc(C(F)(F)F)ccc2Cl)cc1OC. The lowest BCUT2D eigenvalue weighted by Gasteiger charge is -2.18. The minimum absolute atomic E-state index is 0.254. The van der Waals surface area contributed by atoms with Crippen LogP contribution in [0, 0.1) is 0 Å². The predicted molar refractivity (Wildman–Crippen MR) is 133 cm³/mol. The quantitative estimate of drug-likeness (QED) is 0.119. The molecule has 0 fully saturated rings. The number of rotatable bonds is 7. The Kier molecular flexibility index (Phi) is 9.13. The van der Waals surface area contributed by atoms with Gasteiger partial charge >= 0.3 is 12.4 Å². The Morgan fingerprint density at radius 2 is 1.41 bits per heavy atom. The molecule has 0 aliphatic carbocycles. The maximum absolute atomic E-state index is 13.4. The highest BCUT2D eigenvalue weighted by Gasteiger charge is 2.33. The molecule has 6 nitrogen and oxygen atoms in total. The first-order chi connectivity index (χ1) is 18.2. The molecule has 0 N–H and O–H groups in total. The number of methoxy groups -OCH3 is 2. The summed E-state index contributed by atoms with van der Waals surface area (Å²) in [4.78, 5) is 13.1. The zero-order valence-corrected chi connectivity index (χ0v) is 21.5. The van der Waals surface area contributed by atoms with E-state index < -0.39 is 40.8 Å². The largest absolute Gasteiger partial charge is 0.493 e. The van der Waals surface area contributed by atoms with Crippen LogP contribution >= 0.6 is 23.2 Å². The van der Waals surface area contributed by atoms with Gasteiger partial charge in [0.05, 0.1) is 41.1 Å². The van der Waals surface area contributed by atoms with Gasteiger partial charge in [-0.05, 0) is 60.2 Å². The molecule has 0 spiro atoms. The summed E-state index contributed by atoms with van der Waals surface area (Å²) in [6.45, 7) is 0. The Balaban J connectivity index is 2.08. The minimum Gasteiger partial charge on any atom is -0.493 e. The second kappa shape index (κ2) is 12.0. The van der Waals surface area contributed by atoms with Crippen LogP contribution in [0.15, 0.2) is 71.0 Å². The number of ether oxygens (including phenoxy) is 2. The third-order valence-electron chi connectivity index (χ3n) is 5.05. The summed E-state index contributed by atoms with van der Waals surface area (Å²) in [6.07, 6.45) is -7.29. The van der Waals surface area contributed by atoms with Gasteiger partial charge in [-0.25, -0.2) is 0 Å². The number of alkyl halides is 6. The molecule has 39 heavy (non-hydrogen) atoms. The number of anilines is 1. The molecule has 0 aliphatic rings. The van der Waals surface area contributed by atoms with E-state index in [1.54, 1.807) is 12.1 Å². The normalized spacial score (nSPS) is 12.3. The summed E-state index contributed by atoms with van der Waals surface area (Å²) >= 11 is 12.0. The van der Waals surface area contributed by atoms with E-state index in [4.69, 9.17) is 32.7 Å². The summed E-state index contributed by atoms with van der Waals surface area (Å²) in [5.41, 5.74) is -2.84. The number of amides is 1. The smallest absolute Gasteiger partial charge is 0.416 e. The number of hydrogen-bond acceptors (Lipinski definition) is 5. The average molecular weight is 592 g/mol. The van der Waals surface area contributed by atoms with Crippen molar-refractivity contribution in [2.75, 3.05) is 19.2 Å². The van der Waals surface area contributed by atoms with Gasteiger partial charge in [0.15, 0.2) is 11.5 Å². The van der Waals surface area contributed by atoms with Gasteiger partial charge in [0, 0.05) is 6.08 Å². The molecule has 0 atom stereocenters. The first-order valence-electron chi connectivity index (χ1n) is 10.6. The lowest BCUT2D eigenvalue weighted by atomic mass is 10.1. The van der Waals surface area contributed by atoms with Crippen molar-refractivity contribution in [3.8, 4) is 11.5 Å². The molecular weight excluding hydrogens is 575 g/mol. The summed E-state index contributed by atoms with van der Waals surface area (Å²) in [7, 11) is 2.82. The van der Waals surface area contributed by atoms with Crippen LogP contribution in [0.1, 0.15) is 16.7 Å². The molecule has 1 amide bonds. The fourth-order valence-corrected chi connectivity index (χ4v) is 3.47. The lowest BCUT2D eigenvalue weighted by molar-refractivity contribution is -0.138. The first-order valence-corrected chi connectivity index (χ1v) is 11.4. The highest BCUT2D eigenvalue weighted by molar-refractivity contribution is 6.34. The molecule has 0 heterocycles. The van der Waals surface area contributed by atoms with Gasteiger partial charge in [0.2, 0.25) is 0 Å². The van der Waals surface area contributed by atoms with Crippen molar-refractivity contribution in [3.63, 3.8) is 0 Å². The van der Waals surface area contributed by atoms with Crippen LogP contribution in [0.25, 0.3) is 6.08 Å². The van der Waals surface area contributed by atoms with E-state index in [0.29, 0.717) is 46.3 Å². The number of benzene rings is 3. The Labute approximate surface area is 228 Å². The highest BCUT2D eigenvalue weighted by atomic mass is 35.5. The van der Waals surface area contributed by atoms with E-state index >= 15 is 0 Å². The molecule has 0 saturated heterocycles. The van der Waals surface area contributed by atoms with E-state index in [-0.39, 0.29) is 10.0 Å². The number of carbonyl (C=O) groups is 1. The molecule has 206 valence electrons. The Bertz CT molecular complexity index is 1430. The van der Waals surface area contributed by atoms with Crippen molar-refractivity contribution in [3.05, 3.63) is 87.4 Å². The van der Waals surface area contributed by atoms with Crippen LogP contribution in [0.5, 0.6) is 11.5 Å². The fraction of sp³-hybridized carbons (Fsp3) is 0.160. The number of carbonyl (C=O) groups excluding carboxylic acids is 1. The van der Waals surface area contributed by atoms with Crippen molar-refractivity contribution in [2.45, 2.75) is 12.4 Å². The molecule has 14 heteroatoms. The van der Waals surface area contributed by atoms with E-state index in [0.717, 1.165) is 18.2 Å². The van der Waals surface area contributed by atoms with E-state index in [2.05, 4.69) is 10.3 Å². The molecule has 0 aromatic heterocycles. The van der Waals surface area contributed by atoms with Crippen molar-refractivity contribution < 1.29 is 40.6 Å². The van der Waals surface area contributed by atoms with Crippen molar-refractivity contribution in [2.24, 2.45) is 10.3 Å². The van der Waals surface area contributed by atoms with Crippen LogP contribution in [-0.4, -0.2) is 20.1 Å². The van der Waals surface area contributed by atoms with Gasteiger partial charge in [-0.15, -0.1) is 5.11 Å². The summed E-state index contributed by atoms with van der Waals surface area (Å²) in [5, 5.41) is 7.06. The molecule has 3 aromatic rings. The third kappa shape index (κ3) is 7.42. The van der Waals surface area contributed by atoms with Gasteiger partial charge in [-0.3, -0.25) is 4.79 Å². The van der Waals surface area contributed by atoms with Crippen LogP contribution in [0.4, 0.5) is 37.7 Å². The molecule has 3 rings (SSSR count). The van der Waals surface area contributed by atoms with E-state index in [1.807, 2.05) is 0 Å². The maximum atomic E-state index is 13.4. The second-order valence-electron chi connectivity index (χ2n) is 7.62. The molecule has 0 bridgehead atoms. The molecule has 0 unspecified atom stereocenters. The second-order valence-corrected chi connectivity index (χ2v) is 8.43. The van der Waals surface area contributed by atoms with Crippen molar-refractivity contribution in [1.82, 2.24) is 0 Å². The molecule has 0 aliphatic heterocycles. The van der Waals surface area contributed by atoms with Gasteiger partial charge in [-0.2, -0.15) is 31.4 Å². The molecule has 0 radical (unpaired) electrons. The van der Waals surface area contributed by atoms with Gasteiger partial charge in [-0.1, -0.05) is 34.5 Å². The van der Waals surface area contributed by atoms with Crippen molar-refractivity contribution in [1.29, 1.82) is 0 Å². The Hall–Kier alpha value is -3.77. The van der Waals surface area contributed by atoms with Crippen molar-refractivity contribution >= 4 is 46.6 Å². The standard InChI is InChI=1S/C25H17Cl2F6N3O3/c1-38-21-9-3-14(11-22(21)39-2)4-10-23(37)36(20-13-16(25(31,32)33)6-8-18(20)27)35-34-19-12-15(24(28,29)30)5-7-17(19)26/h3-13H,1-2H3/b10-4+,35-34?. The monoisotopic (exact) mass is 591 g/mol. The summed E-state index contributed by atoms with van der Waals surface area (Å²) < 4.78 is 89.8. The van der Waals surface area contributed by atoms with Crippen LogP contribution in [0.2, 0.25) is 10.0 Å². The summed E-state index contributed by atoms with van der Waals surface area (Å²) in [6, 6.07) is 8.97. The Morgan fingerprint density at radius 1 is 0.821 bits per heavy atom. The van der Waals surface area contributed by atoms with E-state index in [9.17, 15) is 31.1 Å². The van der Waals surface area contributed by atoms with Crippen LogP contribution < -0.4 is 14.5 Å². The van der Waals surface area contributed by atoms with Crippen LogP contribution in [-0.2, 0) is 17.1 Å². The topological polar surface area (TPSA) is 63.5 Å². The minimum atomic E-state index is -4.80. The van der Waals surface area contributed by atoms with Gasteiger partial charge in [0.1, 0.15) is 5.69 Å². The zero-order chi connectivity index (χ0) is 29.0. The maximum Gasteiger partial charge on any atom is 0.416 e. The predicted octanol–water partition coefficient (Wildman–Crippen LogP) is 8.79. The lowest BCUT2D eigenvalue weighted by Crippen LogP contribution is -2.23. The van der Waals surface area contributed by atoms with E-state index in [1.165, 1.54) is 26.4 Å². The van der Waals surface area contributed by atoms with Gasteiger partial charge < -0.3 is 9.47 Å². The summed E-state index contributed by atoms with van der Waals surface area (Å²) in [5.74, 6) is -0.285. The molecule has 0 saturated carbocycles. The van der Waals surface area contributed by atoms with Gasteiger partial charge in [0.25, 0.3) is 5.91 Å². The number of hydrogen-bond donors (Lipinski definition) is 0. The number of nitrogens with zero attached hydrogens (tertiary/aromatic N) is 3. The zero-order valence-electron chi connectivity index (χ0n) is 19.9. The van der Waals surface area contributed by atoms with Crippen LogP contribution in [0.3, 0.4) is 0 Å². The fourth-order valence-electron chi connectivity index (χ4n) is 3.12. The Morgan fingerprint density at radius 3 is 2.00 bits per heavy atom. The number of halogens is 8.